The van der Waals surface area contributed by atoms with Gasteiger partial charge >= 0.3 is 0 Å². The van der Waals surface area contributed by atoms with Crippen molar-refractivity contribution in [1.82, 2.24) is 4.90 Å². The van der Waals surface area contributed by atoms with E-state index in [4.69, 9.17) is 5.73 Å². The molecule has 0 radical (unpaired) electrons. The highest BCUT2D eigenvalue weighted by Gasteiger charge is 2.17. The molecular weight excluding hydrogens is 268 g/mol. The number of nitrogens with zero attached hydrogens (tertiary/aromatic N) is 1. The molecule has 0 aliphatic carbocycles. The van der Waals surface area contributed by atoms with E-state index in [1.807, 2.05) is 41.8 Å². The average molecular weight is 288 g/mol. The van der Waals surface area contributed by atoms with E-state index in [2.05, 4.69) is 11.8 Å². The Morgan fingerprint density at radius 2 is 2.20 bits per heavy atom. The molecule has 20 heavy (non-hydrogen) atoms. The maximum absolute atomic E-state index is 12.6. The Bertz CT molecular complexity index is 537. The van der Waals surface area contributed by atoms with Gasteiger partial charge in [0, 0.05) is 30.0 Å². The minimum absolute atomic E-state index is 0.118. The number of rotatable bonds is 1. The van der Waals surface area contributed by atoms with Crippen LogP contribution in [0.3, 0.4) is 0 Å². The van der Waals surface area contributed by atoms with Gasteiger partial charge in [-0.2, -0.15) is 11.8 Å². The first kappa shape index (κ1) is 15.0. The lowest BCUT2D eigenvalue weighted by Crippen LogP contribution is -2.33. The van der Waals surface area contributed by atoms with Crippen LogP contribution in [-0.4, -0.2) is 41.9 Å². The number of hydrogen-bond donors (Lipinski definition) is 1. The van der Waals surface area contributed by atoms with Crippen LogP contribution in [0, 0.1) is 18.8 Å². The summed E-state index contributed by atoms with van der Waals surface area (Å²) in [6, 6.07) is 5.79. The van der Waals surface area contributed by atoms with Gasteiger partial charge in [0.05, 0.1) is 6.54 Å². The van der Waals surface area contributed by atoms with Crippen molar-refractivity contribution in [2.45, 2.75) is 13.3 Å². The predicted molar refractivity (Wildman–Crippen MR) is 85.0 cm³/mol. The number of thioether (sulfide) groups is 1. The van der Waals surface area contributed by atoms with Crippen molar-refractivity contribution >= 4 is 17.7 Å². The molecule has 0 spiro atoms. The molecule has 1 aromatic carbocycles. The molecule has 1 fully saturated rings. The van der Waals surface area contributed by atoms with Gasteiger partial charge in [0.2, 0.25) is 0 Å². The fourth-order valence-corrected chi connectivity index (χ4v) is 3.15. The maximum Gasteiger partial charge on any atom is 0.253 e. The van der Waals surface area contributed by atoms with Gasteiger partial charge in [0.1, 0.15) is 0 Å². The fraction of sp³-hybridized carbons (Fsp3) is 0.438. The molecule has 1 aliphatic heterocycles. The van der Waals surface area contributed by atoms with Crippen LogP contribution >= 0.6 is 11.8 Å². The van der Waals surface area contributed by atoms with Gasteiger partial charge in [-0.15, -0.1) is 0 Å². The van der Waals surface area contributed by atoms with Gasteiger partial charge in [-0.3, -0.25) is 4.79 Å². The van der Waals surface area contributed by atoms with Crippen LogP contribution in [0.15, 0.2) is 18.2 Å². The van der Waals surface area contributed by atoms with Gasteiger partial charge < -0.3 is 10.6 Å². The zero-order valence-corrected chi connectivity index (χ0v) is 12.6. The molecule has 2 rings (SSSR count). The number of benzene rings is 1. The summed E-state index contributed by atoms with van der Waals surface area (Å²) in [6.45, 7) is 4.01. The van der Waals surface area contributed by atoms with E-state index in [9.17, 15) is 4.79 Å². The lowest BCUT2D eigenvalue weighted by atomic mass is 10.1. The van der Waals surface area contributed by atoms with E-state index >= 15 is 0 Å². The van der Waals surface area contributed by atoms with Gasteiger partial charge in [-0.1, -0.05) is 11.8 Å². The van der Waals surface area contributed by atoms with Crippen LogP contribution in [0.25, 0.3) is 0 Å². The third-order valence-corrected chi connectivity index (χ3v) is 4.22. The topological polar surface area (TPSA) is 46.3 Å². The van der Waals surface area contributed by atoms with Crippen molar-refractivity contribution in [2.24, 2.45) is 5.73 Å². The first-order valence-corrected chi connectivity index (χ1v) is 8.04. The molecule has 1 saturated heterocycles. The molecular formula is C16H20N2OS. The molecule has 2 N–H and O–H groups in total. The Kier molecular flexibility index (Phi) is 5.51. The highest BCUT2D eigenvalue weighted by molar-refractivity contribution is 7.99. The average Bonchev–Trinajstić information content (AvgIpc) is 2.72. The largest absolute Gasteiger partial charge is 0.338 e. The molecule has 1 heterocycles. The minimum Gasteiger partial charge on any atom is -0.338 e. The number of hydrogen-bond acceptors (Lipinski definition) is 3. The zero-order valence-electron chi connectivity index (χ0n) is 11.8. The van der Waals surface area contributed by atoms with Crippen molar-refractivity contribution in [3.8, 4) is 11.8 Å². The lowest BCUT2D eigenvalue weighted by Gasteiger charge is -2.20. The van der Waals surface area contributed by atoms with E-state index in [-0.39, 0.29) is 5.91 Å². The number of aryl methyl sites for hydroxylation is 1. The standard InChI is InChI=1S/C16H20N2OS/c1-13-10-14(4-2-5-17)12-15(11-13)16(19)18-6-3-8-20-9-7-18/h10-12H,3,5-9,17H2,1H3. The normalized spacial score (nSPS) is 15.2. The molecule has 106 valence electrons. The number of amides is 1. The van der Waals surface area contributed by atoms with Crippen molar-refractivity contribution in [1.29, 1.82) is 0 Å². The molecule has 0 atom stereocenters. The van der Waals surface area contributed by atoms with E-state index in [1.54, 1.807) is 0 Å². The van der Waals surface area contributed by atoms with Crippen LogP contribution in [0.4, 0.5) is 0 Å². The summed E-state index contributed by atoms with van der Waals surface area (Å²) in [4.78, 5) is 14.5. The molecule has 1 aromatic rings. The predicted octanol–water partition coefficient (Wildman–Crippen LogP) is 1.88. The van der Waals surface area contributed by atoms with Crippen molar-refractivity contribution in [2.75, 3.05) is 31.1 Å². The van der Waals surface area contributed by atoms with Crippen molar-refractivity contribution in [3.63, 3.8) is 0 Å². The minimum atomic E-state index is 0.118. The second kappa shape index (κ2) is 7.37. The summed E-state index contributed by atoms with van der Waals surface area (Å²) < 4.78 is 0. The highest BCUT2D eigenvalue weighted by atomic mass is 32.2. The second-order valence-corrected chi connectivity index (χ2v) is 6.08. The summed E-state index contributed by atoms with van der Waals surface area (Å²) in [5.41, 5.74) is 8.05. The summed E-state index contributed by atoms with van der Waals surface area (Å²) in [7, 11) is 0. The van der Waals surface area contributed by atoms with Crippen LogP contribution < -0.4 is 5.73 Å². The molecule has 0 aromatic heterocycles. The van der Waals surface area contributed by atoms with Gasteiger partial charge in [0.15, 0.2) is 0 Å². The van der Waals surface area contributed by atoms with Crippen LogP contribution in [0.1, 0.15) is 27.9 Å². The third-order valence-electron chi connectivity index (χ3n) is 3.17. The number of carbonyl (C=O) groups excluding carboxylic acids is 1. The van der Waals surface area contributed by atoms with Crippen molar-refractivity contribution < 1.29 is 4.79 Å². The highest BCUT2D eigenvalue weighted by Crippen LogP contribution is 2.15. The molecule has 0 saturated carbocycles. The monoisotopic (exact) mass is 288 g/mol. The summed E-state index contributed by atoms with van der Waals surface area (Å²) in [5.74, 6) is 8.13. The summed E-state index contributed by atoms with van der Waals surface area (Å²) in [5, 5.41) is 0. The SMILES string of the molecule is Cc1cc(C#CCN)cc(C(=O)N2CCCSCC2)c1. The van der Waals surface area contributed by atoms with E-state index in [0.717, 1.165) is 47.7 Å². The first-order chi connectivity index (χ1) is 9.70. The van der Waals surface area contributed by atoms with Crippen LogP contribution in [-0.2, 0) is 0 Å². The van der Waals surface area contributed by atoms with E-state index in [1.165, 1.54) is 0 Å². The Labute approximate surface area is 124 Å². The second-order valence-electron chi connectivity index (χ2n) is 4.85. The van der Waals surface area contributed by atoms with Crippen LogP contribution in [0.2, 0.25) is 0 Å². The fourth-order valence-electron chi connectivity index (χ4n) is 2.26. The van der Waals surface area contributed by atoms with Gasteiger partial charge in [-0.25, -0.2) is 0 Å². The molecule has 0 bridgehead atoms. The third kappa shape index (κ3) is 4.03. The number of carbonyl (C=O) groups is 1. The zero-order chi connectivity index (χ0) is 14.4. The van der Waals surface area contributed by atoms with Crippen LogP contribution in [0.5, 0.6) is 0 Å². The van der Waals surface area contributed by atoms with Gasteiger partial charge in [-0.05, 0) is 42.9 Å². The summed E-state index contributed by atoms with van der Waals surface area (Å²) in [6.07, 6.45) is 1.07. The number of nitrogens with two attached hydrogens (primary N) is 1. The molecule has 1 amide bonds. The quantitative estimate of drug-likeness (QED) is 0.803. The first-order valence-electron chi connectivity index (χ1n) is 6.88. The lowest BCUT2D eigenvalue weighted by molar-refractivity contribution is 0.0768. The molecule has 1 aliphatic rings. The Hall–Kier alpha value is -1.44. The van der Waals surface area contributed by atoms with E-state index in [0.29, 0.717) is 6.54 Å². The Morgan fingerprint density at radius 1 is 1.35 bits per heavy atom. The summed E-state index contributed by atoms with van der Waals surface area (Å²) >= 11 is 1.92. The molecule has 0 unspecified atom stereocenters. The van der Waals surface area contributed by atoms with Gasteiger partial charge in [0.25, 0.3) is 5.91 Å². The van der Waals surface area contributed by atoms with E-state index < -0.39 is 0 Å². The molecule has 3 nitrogen and oxygen atoms in total. The smallest absolute Gasteiger partial charge is 0.253 e. The Balaban J connectivity index is 2.22. The van der Waals surface area contributed by atoms with Crippen molar-refractivity contribution in [3.05, 3.63) is 34.9 Å². The Morgan fingerprint density at radius 3 is 3.00 bits per heavy atom. The maximum atomic E-state index is 12.6. The molecule has 4 heteroatoms.